The van der Waals surface area contributed by atoms with Crippen LogP contribution in [-0.4, -0.2) is 30.7 Å². The number of hydrogen-bond donors (Lipinski definition) is 2. The molecule has 0 amide bonds. The second-order valence-corrected chi connectivity index (χ2v) is 2.38. The zero-order chi connectivity index (χ0) is 13.7. The number of hydrogen-bond acceptors (Lipinski definition) is 3. The van der Waals surface area contributed by atoms with Crippen molar-refractivity contribution in [3.8, 4) is 0 Å². The Bertz CT molecular complexity index is 308. The molecule has 0 aliphatic rings. The molecule has 0 saturated carbocycles. The van der Waals surface area contributed by atoms with Gasteiger partial charge >= 0.3 is 12.9 Å². The van der Waals surface area contributed by atoms with Crippen molar-refractivity contribution in [2.45, 2.75) is 0 Å². The number of aliphatic hydroxyl groups is 2. The predicted molar refractivity (Wildman–Crippen MR) is 55.5 cm³/mol. The summed E-state index contributed by atoms with van der Waals surface area (Å²) < 4.78 is 39.0. The van der Waals surface area contributed by atoms with Crippen molar-refractivity contribution in [2.24, 2.45) is 0 Å². The normalized spacial score (nSPS) is 9.00. The van der Waals surface area contributed by atoms with E-state index in [9.17, 15) is 17.3 Å². The molecule has 0 atom stereocenters. The van der Waals surface area contributed by atoms with Crippen LogP contribution in [0.1, 0.15) is 0 Å². The van der Waals surface area contributed by atoms with Gasteiger partial charge in [0.1, 0.15) is 0 Å². The molecule has 1 aromatic carbocycles. The monoisotopic (exact) mass is 254 g/mol. The van der Waals surface area contributed by atoms with Crippen LogP contribution in [0.5, 0.6) is 0 Å². The molecule has 0 aliphatic heterocycles. The minimum atomic E-state index is -6.00. The highest BCUT2D eigenvalue weighted by molar-refractivity contribution is 6.50. The largest absolute Gasteiger partial charge is 0.673 e. The van der Waals surface area contributed by atoms with E-state index in [1.165, 1.54) is 0 Å². The van der Waals surface area contributed by atoms with Crippen molar-refractivity contribution in [1.82, 2.24) is 0 Å². The second kappa shape index (κ2) is 10.8. The Kier molecular flexibility index (Phi) is 11.3. The van der Waals surface area contributed by atoms with Crippen LogP contribution in [0.3, 0.4) is 0 Å². The molecule has 4 nitrogen and oxygen atoms in total. The Morgan fingerprint density at radius 2 is 1.35 bits per heavy atom. The SMILES string of the molecule is F[B-](F)(F)F.N#[N+]c1ccccc1.OCCO. The summed E-state index contributed by atoms with van der Waals surface area (Å²) in [5.41, 5.74) is 0.590. The summed E-state index contributed by atoms with van der Waals surface area (Å²) in [6, 6.07) is 8.94. The smallest absolute Gasteiger partial charge is 0.418 e. The lowest BCUT2D eigenvalue weighted by molar-refractivity contribution is 0.186. The summed E-state index contributed by atoms with van der Waals surface area (Å²) in [4.78, 5) is 2.97. The van der Waals surface area contributed by atoms with Crippen LogP contribution in [0.25, 0.3) is 4.98 Å². The fraction of sp³-hybridized carbons (Fsp3) is 0.250. The van der Waals surface area contributed by atoms with Crippen molar-refractivity contribution in [3.05, 3.63) is 35.3 Å². The lowest BCUT2D eigenvalue weighted by atomic mass is 10.3. The van der Waals surface area contributed by atoms with E-state index in [0.717, 1.165) is 0 Å². The van der Waals surface area contributed by atoms with Gasteiger partial charge in [0.05, 0.1) is 13.2 Å². The number of diazo groups is 1. The molecule has 0 spiro atoms. The van der Waals surface area contributed by atoms with Crippen molar-refractivity contribution in [3.63, 3.8) is 0 Å². The molecule has 0 heterocycles. The van der Waals surface area contributed by atoms with Gasteiger partial charge in [0, 0.05) is 12.1 Å². The van der Waals surface area contributed by atoms with E-state index >= 15 is 0 Å². The van der Waals surface area contributed by atoms with Crippen molar-refractivity contribution >= 4 is 12.9 Å². The van der Waals surface area contributed by atoms with Crippen LogP contribution in [0.4, 0.5) is 23.0 Å². The van der Waals surface area contributed by atoms with Gasteiger partial charge in [-0.3, -0.25) is 0 Å². The van der Waals surface area contributed by atoms with Crippen LogP contribution in [-0.2, 0) is 0 Å². The number of nitrogens with zero attached hydrogens (tertiary/aromatic N) is 2. The number of halogens is 4. The third-order valence-electron chi connectivity index (χ3n) is 0.972. The first-order valence-corrected chi connectivity index (χ1v) is 4.34. The summed E-state index contributed by atoms with van der Waals surface area (Å²) in [6.07, 6.45) is 0. The summed E-state index contributed by atoms with van der Waals surface area (Å²) in [6.45, 7) is -0.250. The van der Waals surface area contributed by atoms with E-state index in [2.05, 4.69) is 4.98 Å². The summed E-state index contributed by atoms with van der Waals surface area (Å²) in [7, 11) is -6.00. The number of rotatable bonds is 1. The third-order valence-corrected chi connectivity index (χ3v) is 0.972. The number of aliphatic hydroxyl groups excluding tert-OH is 2. The molecule has 0 unspecified atom stereocenters. The average Bonchev–Trinajstić information content (AvgIpc) is 2.28. The Morgan fingerprint density at radius 3 is 1.53 bits per heavy atom. The van der Waals surface area contributed by atoms with Gasteiger partial charge < -0.3 is 27.5 Å². The van der Waals surface area contributed by atoms with Gasteiger partial charge in [0.25, 0.3) is 0 Å². The molecular formula is C8H11BF4N2O2. The maximum absolute atomic E-state index is 9.75. The van der Waals surface area contributed by atoms with Gasteiger partial charge in [0.15, 0.2) is 4.98 Å². The van der Waals surface area contributed by atoms with E-state index in [-0.39, 0.29) is 13.2 Å². The maximum Gasteiger partial charge on any atom is 0.673 e. The third kappa shape index (κ3) is 25.0. The van der Waals surface area contributed by atoms with Gasteiger partial charge in [-0.1, -0.05) is 18.2 Å². The van der Waals surface area contributed by atoms with Gasteiger partial charge in [-0.2, -0.15) is 0 Å². The second-order valence-electron chi connectivity index (χ2n) is 2.38. The molecule has 1 rings (SSSR count). The molecule has 1 aromatic rings. The molecule has 0 aliphatic carbocycles. The summed E-state index contributed by atoms with van der Waals surface area (Å²) in [5.74, 6) is 0. The van der Waals surface area contributed by atoms with Gasteiger partial charge in [-0.15, -0.1) is 0 Å². The summed E-state index contributed by atoms with van der Waals surface area (Å²) >= 11 is 0. The van der Waals surface area contributed by atoms with Crippen molar-refractivity contribution < 1.29 is 27.5 Å². The zero-order valence-electron chi connectivity index (χ0n) is 8.68. The molecule has 0 bridgehead atoms. The molecule has 2 N–H and O–H groups in total. The fourth-order valence-electron chi connectivity index (χ4n) is 0.495. The minimum absolute atomic E-state index is 0.125. The van der Waals surface area contributed by atoms with Gasteiger partial charge in [-0.05, 0) is 0 Å². The maximum atomic E-state index is 9.75. The van der Waals surface area contributed by atoms with E-state index in [4.69, 9.17) is 15.6 Å². The van der Waals surface area contributed by atoms with E-state index in [1.807, 2.05) is 18.2 Å². The van der Waals surface area contributed by atoms with Gasteiger partial charge in [0.2, 0.25) is 5.39 Å². The first kappa shape index (κ1) is 17.7. The minimum Gasteiger partial charge on any atom is -0.418 e. The van der Waals surface area contributed by atoms with Crippen LogP contribution in [0.15, 0.2) is 30.3 Å². The number of benzene rings is 1. The molecule has 0 radical (unpaired) electrons. The Hall–Kier alpha value is -1.66. The Labute approximate surface area is 95.2 Å². The Balaban J connectivity index is 0. The van der Waals surface area contributed by atoms with Gasteiger partial charge in [-0.25, -0.2) is 0 Å². The topological polar surface area (TPSA) is 68.6 Å². The van der Waals surface area contributed by atoms with Crippen LogP contribution in [0, 0.1) is 5.39 Å². The van der Waals surface area contributed by atoms with E-state index < -0.39 is 7.25 Å². The molecule has 96 valence electrons. The average molecular weight is 254 g/mol. The van der Waals surface area contributed by atoms with Crippen molar-refractivity contribution in [1.29, 1.82) is 5.39 Å². The lowest BCUT2D eigenvalue weighted by Gasteiger charge is -1.94. The molecular weight excluding hydrogens is 243 g/mol. The van der Waals surface area contributed by atoms with Crippen molar-refractivity contribution in [2.75, 3.05) is 13.2 Å². The highest BCUT2D eigenvalue weighted by Crippen LogP contribution is 2.07. The molecule has 0 aromatic heterocycles. The quantitative estimate of drug-likeness (QED) is 0.459. The predicted octanol–water partition coefficient (Wildman–Crippen LogP) is 2.44. The molecule has 17 heavy (non-hydrogen) atoms. The molecule has 0 saturated heterocycles. The van der Waals surface area contributed by atoms with E-state index in [1.54, 1.807) is 12.1 Å². The molecule has 0 fully saturated rings. The van der Waals surface area contributed by atoms with E-state index in [0.29, 0.717) is 5.69 Å². The Morgan fingerprint density at radius 1 is 1.00 bits per heavy atom. The molecule has 9 heteroatoms. The fourth-order valence-corrected chi connectivity index (χ4v) is 0.495. The van der Waals surface area contributed by atoms with Crippen LogP contribution < -0.4 is 0 Å². The van der Waals surface area contributed by atoms with Crippen LogP contribution in [0.2, 0.25) is 0 Å². The highest BCUT2D eigenvalue weighted by Gasteiger charge is 2.20. The van der Waals surface area contributed by atoms with Crippen LogP contribution >= 0.6 is 0 Å². The first-order chi connectivity index (χ1) is 7.85. The standard InChI is InChI=1S/C6H5N2.C2H6O2.BF4/c7-8-6-4-2-1-3-5-6;3-1-2-4;2-1(3,4)5/h1-5H;3-4H,1-2H2;/q+1;;-1. The first-order valence-electron chi connectivity index (χ1n) is 4.34. The summed E-state index contributed by atoms with van der Waals surface area (Å²) in [5, 5.41) is 23.4. The lowest BCUT2D eigenvalue weighted by Crippen LogP contribution is -2.02. The highest BCUT2D eigenvalue weighted by atomic mass is 19.5. The zero-order valence-corrected chi connectivity index (χ0v) is 8.68.